The number of anilines is 1. The zero-order valence-corrected chi connectivity index (χ0v) is 13.9. The number of halogens is 1. The lowest BCUT2D eigenvalue weighted by Crippen LogP contribution is -2.23. The van der Waals surface area contributed by atoms with Crippen molar-refractivity contribution in [2.45, 2.75) is 13.5 Å². The molecule has 0 atom stereocenters. The van der Waals surface area contributed by atoms with Gasteiger partial charge in [0.2, 0.25) is 5.95 Å². The summed E-state index contributed by atoms with van der Waals surface area (Å²) >= 11 is 0. The number of para-hydroxylation sites is 1. The molecule has 0 aliphatic carbocycles. The summed E-state index contributed by atoms with van der Waals surface area (Å²) in [4.78, 5) is 16.9. The molecule has 128 valence electrons. The van der Waals surface area contributed by atoms with E-state index in [-0.39, 0.29) is 11.3 Å². The topological polar surface area (TPSA) is 68.5 Å². The van der Waals surface area contributed by atoms with Crippen LogP contribution in [-0.2, 0) is 6.54 Å². The summed E-state index contributed by atoms with van der Waals surface area (Å²) in [5.74, 6) is 0.0262. The Morgan fingerprint density at radius 2 is 2.12 bits per heavy atom. The summed E-state index contributed by atoms with van der Waals surface area (Å²) in [7, 11) is 1.41. The maximum Gasteiger partial charge on any atom is 0.262 e. The highest BCUT2D eigenvalue weighted by Gasteiger charge is 2.08. The number of fused-ring (bicyclic) bond motifs is 1. The van der Waals surface area contributed by atoms with Gasteiger partial charge in [-0.1, -0.05) is 12.1 Å². The van der Waals surface area contributed by atoms with Gasteiger partial charge in [0.1, 0.15) is 0 Å². The Labute approximate surface area is 143 Å². The molecule has 1 heterocycles. The van der Waals surface area contributed by atoms with Gasteiger partial charge < -0.3 is 4.74 Å². The Bertz CT molecular complexity index is 998. The number of aromatic nitrogens is 2. The Morgan fingerprint density at radius 3 is 2.84 bits per heavy atom. The third-order valence-corrected chi connectivity index (χ3v) is 3.73. The van der Waals surface area contributed by atoms with Crippen molar-refractivity contribution in [3.8, 4) is 5.75 Å². The summed E-state index contributed by atoms with van der Waals surface area (Å²) in [6.45, 7) is 2.30. The van der Waals surface area contributed by atoms with Gasteiger partial charge in [-0.05, 0) is 42.8 Å². The number of nitrogens with one attached hydrogen (secondary N) is 1. The first-order chi connectivity index (χ1) is 12.1. The van der Waals surface area contributed by atoms with Crippen LogP contribution in [0.15, 0.2) is 52.4 Å². The first-order valence-electron chi connectivity index (χ1n) is 7.76. The average molecular weight is 340 g/mol. The lowest BCUT2D eigenvalue weighted by molar-refractivity contribution is 0.386. The van der Waals surface area contributed by atoms with E-state index in [1.807, 2.05) is 13.0 Å². The van der Waals surface area contributed by atoms with Crippen LogP contribution in [0.25, 0.3) is 10.9 Å². The van der Waals surface area contributed by atoms with Gasteiger partial charge in [0.05, 0.1) is 24.2 Å². The number of nitrogens with zero attached hydrogens (tertiary/aromatic N) is 3. The highest BCUT2D eigenvalue weighted by molar-refractivity contribution is 5.81. The number of hydrazone groups is 1. The van der Waals surface area contributed by atoms with E-state index in [1.54, 1.807) is 24.3 Å². The van der Waals surface area contributed by atoms with Gasteiger partial charge in [-0.2, -0.15) is 5.10 Å². The molecular formula is C18H17FN4O2. The smallest absolute Gasteiger partial charge is 0.262 e. The number of hydrogen-bond donors (Lipinski definition) is 1. The van der Waals surface area contributed by atoms with Gasteiger partial charge >= 0.3 is 0 Å². The highest BCUT2D eigenvalue weighted by Crippen LogP contribution is 2.17. The Hall–Kier alpha value is -3.22. The van der Waals surface area contributed by atoms with E-state index in [9.17, 15) is 9.18 Å². The van der Waals surface area contributed by atoms with Crippen molar-refractivity contribution in [2.75, 3.05) is 12.5 Å². The third-order valence-electron chi connectivity index (χ3n) is 3.73. The minimum atomic E-state index is -0.472. The van der Waals surface area contributed by atoms with Gasteiger partial charge in [-0.25, -0.2) is 14.8 Å². The van der Waals surface area contributed by atoms with Crippen LogP contribution in [0.1, 0.15) is 12.5 Å². The third kappa shape index (κ3) is 3.35. The lowest BCUT2D eigenvalue weighted by atomic mass is 10.2. The van der Waals surface area contributed by atoms with Gasteiger partial charge in [-0.15, -0.1) is 0 Å². The normalized spacial score (nSPS) is 11.2. The van der Waals surface area contributed by atoms with Crippen LogP contribution in [-0.4, -0.2) is 22.9 Å². The highest BCUT2D eigenvalue weighted by atomic mass is 19.1. The van der Waals surface area contributed by atoms with Crippen molar-refractivity contribution in [3.63, 3.8) is 0 Å². The summed E-state index contributed by atoms with van der Waals surface area (Å²) in [6, 6.07) is 11.6. The largest absolute Gasteiger partial charge is 0.494 e. The average Bonchev–Trinajstić information content (AvgIpc) is 2.62. The predicted molar refractivity (Wildman–Crippen MR) is 95.8 cm³/mol. The van der Waals surface area contributed by atoms with E-state index in [4.69, 9.17) is 4.74 Å². The molecule has 6 nitrogen and oxygen atoms in total. The van der Waals surface area contributed by atoms with Crippen molar-refractivity contribution in [2.24, 2.45) is 5.10 Å². The number of hydrogen-bond acceptors (Lipinski definition) is 5. The van der Waals surface area contributed by atoms with Crippen molar-refractivity contribution in [3.05, 3.63) is 64.2 Å². The monoisotopic (exact) mass is 340 g/mol. The standard InChI is InChI=1S/C18H17FN4O2/c1-3-23-17(24)13-6-4-5-7-15(13)21-18(23)22-20-11-12-8-9-16(25-2)14(19)10-12/h4-11H,3H2,1-2H3,(H,21,22)/b20-11-. The van der Waals surface area contributed by atoms with Crippen molar-refractivity contribution < 1.29 is 9.13 Å². The van der Waals surface area contributed by atoms with Crippen LogP contribution in [0.4, 0.5) is 10.3 Å². The van der Waals surface area contributed by atoms with E-state index in [1.165, 1.54) is 30.0 Å². The molecule has 7 heteroatoms. The number of ether oxygens (including phenoxy) is 1. The lowest BCUT2D eigenvalue weighted by Gasteiger charge is -2.10. The number of rotatable bonds is 5. The molecule has 3 aromatic rings. The van der Waals surface area contributed by atoms with Crippen LogP contribution in [0.5, 0.6) is 5.75 Å². The SMILES string of the molecule is CCn1c(N/N=C\c2ccc(OC)c(F)c2)nc2ccccc2c1=O. The second-order valence-electron chi connectivity index (χ2n) is 5.27. The molecule has 0 fully saturated rings. The maximum absolute atomic E-state index is 13.7. The van der Waals surface area contributed by atoms with E-state index in [2.05, 4.69) is 15.5 Å². The molecule has 2 aromatic carbocycles. The molecule has 25 heavy (non-hydrogen) atoms. The fraction of sp³-hybridized carbons (Fsp3) is 0.167. The molecule has 0 aliphatic heterocycles. The summed E-state index contributed by atoms with van der Waals surface area (Å²) in [5.41, 5.74) is 3.76. The molecule has 0 saturated carbocycles. The quantitative estimate of drug-likeness (QED) is 0.573. The van der Waals surface area contributed by atoms with Crippen molar-refractivity contribution in [1.29, 1.82) is 0 Å². The molecule has 0 saturated heterocycles. The first kappa shape index (κ1) is 16.6. The summed E-state index contributed by atoms with van der Waals surface area (Å²) in [6.07, 6.45) is 1.45. The fourth-order valence-electron chi connectivity index (χ4n) is 2.47. The van der Waals surface area contributed by atoms with E-state index in [0.717, 1.165) is 0 Å². The summed E-state index contributed by atoms with van der Waals surface area (Å²) in [5, 5.41) is 4.61. The van der Waals surface area contributed by atoms with Crippen LogP contribution in [0.2, 0.25) is 0 Å². The van der Waals surface area contributed by atoms with Gasteiger partial charge in [0, 0.05) is 6.54 Å². The Kier molecular flexibility index (Phi) is 4.74. The molecule has 0 aliphatic rings. The van der Waals surface area contributed by atoms with E-state index in [0.29, 0.717) is 29.0 Å². The van der Waals surface area contributed by atoms with Gasteiger partial charge in [-0.3, -0.25) is 9.36 Å². The van der Waals surface area contributed by atoms with E-state index < -0.39 is 5.82 Å². The van der Waals surface area contributed by atoms with Crippen LogP contribution >= 0.6 is 0 Å². The Morgan fingerprint density at radius 1 is 1.32 bits per heavy atom. The van der Waals surface area contributed by atoms with Crippen LogP contribution < -0.4 is 15.7 Å². The van der Waals surface area contributed by atoms with E-state index >= 15 is 0 Å². The molecule has 1 aromatic heterocycles. The maximum atomic E-state index is 13.7. The molecule has 0 unspecified atom stereocenters. The molecule has 0 spiro atoms. The fourth-order valence-corrected chi connectivity index (χ4v) is 2.47. The summed E-state index contributed by atoms with van der Waals surface area (Å²) < 4.78 is 20.1. The second kappa shape index (κ2) is 7.12. The number of methoxy groups -OCH3 is 1. The molecule has 3 rings (SSSR count). The minimum absolute atomic E-state index is 0.138. The molecule has 0 bridgehead atoms. The molecule has 0 radical (unpaired) electrons. The van der Waals surface area contributed by atoms with Crippen molar-refractivity contribution >= 4 is 23.1 Å². The van der Waals surface area contributed by atoms with Gasteiger partial charge in [0.25, 0.3) is 5.56 Å². The molecular weight excluding hydrogens is 323 g/mol. The minimum Gasteiger partial charge on any atom is -0.494 e. The zero-order valence-electron chi connectivity index (χ0n) is 13.9. The van der Waals surface area contributed by atoms with Gasteiger partial charge in [0.15, 0.2) is 11.6 Å². The van der Waals surface area contributed by atoms with Crippen molar-refractivity contribution in [1.82, 2.24) is 9.55 Å². The molecule has 0 amide bonds. The zero-order chi connectivity index (χ0) is 17.8. The predicted octanol–water partition coefficient (Wildman–Crippen LogP) is 3.01. The first-order valence-corrected chi connectivity index (χ1v) is 7.76. The second-order valence-corrected chi connectivity index (χ2v) is 5.27. The van der Waals surface area contributed by atoms with Crippen LogP contribution in [0.3, 0.4) is 0 Å². The molecule has 1 N–H and O–H groups in total. The number of benzene rings is 2. The van der Waals surface area contributed by atoms with Crippen LogP contribution in [0, 0.1) is 5.82 Å². The Balaban J connectivity index is 1.90.